The molecule has 2 aromatic carbocycles. The summed E-state index contributed by atoms with van der Waals surface area (Å²) >= 11 is 6.05. The lowest BCUT2D eigenvalue weighted by Gasteiger charge is -2.29. The topological polar surface area (TPSA) is 58.1 Å². The summed E-state index contributed by atoms with van der Waals surface area (Å²) in [4.78, 5) is 23.4. The maximum Gasteiger partial charge on any atom is 0.278 e. The van der Waals surface area contributed by atoms with Crippen LogP contribution in [-0.2, 0) is 6.42 Å². The lowest BCUT2D eigenvalue weighted by Crippen LogP contribution is -2.36. The van der Waals surface area contributed by atoms with Crippen molar-refractivity contribution in [3.8, 4) is 0 Å². The second kappa shape index (κ2) is 7.37. The number of hydrogen-bond acceptors (Lipinski definition) is 4. The van der Waals surface area contributed by atoms with E-state index >= 15 is 0 Å². The van der Waals surface area contributed by atoms with E-state index in [1.807, 2.05) is 43.3 Å². The minimum absolute atomic E-state index is 0.125. The number of rotatable bonds is 3. The average Bonchev–Trinajstić information content (AvgIpc) is 2.70. The fourth-order valence-corrected chi connectivity index (χ4v) is 3.42. The number of benzene rings is 2. The summed E-state index contributed by atoms with van der Waals surface area (Å²) in [5, 5.41) is 3.84. The number of hydrogen-bond donors (Lipinski definition) is 1. The van der Waals surface area contributed by atoms with Gasteiger partial charge in [-0.25, -0.2) is 9.97 Å². The number of carbonyl (C=O) groups excluding carboxylic acids is 1. The van der Waals surface area contributed by atoms with Crippen molar-refractivity contribution in [2.75, 3.05) is 16.8 Å². The van der Waals surface area contributed by atoms with Gasteiger partial charge in [-0.05, 0) is 49.1 Å². The van der Waals surface area contributed by atoms with Crippen molar-refractivity contribution in [3.63, 3.8) is 0 Å². The zero-order chi connectivity index (χ0) is 18.8. The van der Waals surface area contributed by atoms with Crippen LogP contribution in [0, 0.1) is 6.92 Å². The maximum absolute atomic E-state index is 12.9. The number of para-hydroxylation sites is 1. The molecular weight excluding hydrogens is 360 g/mol. The van der Waals surface area contributed by atoms with E-state index in [0.29, 0.717) is 23.1 Å². The lowest BCUT2D eigenvalue weighted by atomic mass is 10.0. The number of fused-ring (bicyclic) bond motifs is 1. The van der Waals surface area contributed by atoms with Gasteiger partial charge in [0, 0.05) is 22.9 Å². The summed E-state index contributed by atoms with van der Waals surface area (Å²) in [5.74, 6) is 0.441. The third kappa shape index (κ3) is 3.64. The number of halogens is 1. The Morgan fingerprint density at radius 2 is 2.00 bits per heavy atom. The molecule has 0 unspecified atom stereocenters. The second-order valence-corrected chi connectivity index (χ2v) is 7.00. The predicted octanol–water partition coefficient (Wildman–Crippen LogP) is 4.78. The Morgan fingerprint density at radius 3 is 2.81 bits per heavy atom. The SMILES string of the molecule is Cc1ccc(Cl)cc1Nc1cnc(C(=O)N2CCCc3ccccc32)cn1. The third-order valence-electron chi connectivity index (χ3n) is 4.69. The van der Waals surface area contributed by atoms with E-state index in [4.69, 9.17) is 11.6 Å². The molecule has 1 aliphatic rings. The van der Waals surface area contributed by atoms with Crippen LogP contribution in [0.3, 0.4) is 0 Å². The van der Waals surface area contributed by atoms with Gasteiger partial charge >= 0.3 is 0 Å². The standard InChI is InChI=1S/C21H19ClN4O/c1-14-8-9-16(22)11-17(14)25-20-13-23-18(12-24-20)21(27)26-10-4-6-15-5-2-3-7-19(15)26/h2-3,5,7-9,11-13H,4,6,10H2,1H3,(H,24,25). The van der Waals surface area contributed by atoms with Crippen molar-refractivity contribution in [1.29, 1.82) is 0 Å². The highest BCUT2D eigenvalue weighted by molar-refractivity contribution is 6.30. The molecule has 27 heavy (non-hydrogen) atoms. The van der Waals surface area contributed by atoms with Crippen molar-refractivity contribution in [3.05, 3.63) is 76.7 Å². The van der Waals surface area contributed by atoms with Gasteiger partial charge in [0.25, 0.3) is 5.91 Å². The van der Waals surface area contributed by atoms with Gasteiger partial charge in [0.05, 0.1) is 12.4 Å². The Labute approximate surface area is 163 Å². The highest BCUT2D eigenvalue weighted by Gasteiger charge is 2.24. The van der Waals surface area contributed by atoms with Crippen molar-refractivity contribution < 1.29 is 4.79 Å². The normalized spacial score (nSPS) is 13.2. The van der Waals surface area contributed by atoms with Crippen LogP contribution < -0.4 is 10.2 Å². The summed E-state index contributed by atoms with van der Waals surface area (Å²) in [6.45, 7) is 2.68. The molecule has 0 atom stereocenters. The van der Waals surface area contributed by atoms with Crippen LogP contribution in [0.4, 0.5) is 17.2 Å². The van der Waals surface area contributed by atoms with E-state index in [0.717, 1.165) is 29.8 Å². The molecule has 1 aromatic heterocycles. The van der Waals surface area contributed by atoms with Crippen LogP contribution in [0.2, 0.25) is 5.02 Å². The number of nitrogens with zero attached hydrogens (tertiary/aromatic N) is 3. The van der Waals surface area contributed by atoms with E-state index in [1.165, 1.54) is 11.8 Å². The van der Waals surface area contributed by atoms with E-state index < -0.39 is 0 Å². The van der Waals surface area contributed by atoms with Gasteiger partial charge in [-0.3, -0.25) is 4.79 Å². The molecule has 0 fully saturated rings. The Balaban J connectivity index is 1.54. The average molecular weight is 379 g/mol. The molecule has 0 radical (unpaired) electrons. The number of aromatic nitrogens is 2. The highest BCUT2D eigenvalue weighted by atomic mass is 35.5. The molecule has 0 bridgehead atoms. The smallest absolute Gasteiger partial charge is 0.278 e. The minimum atomic E-state index is -0.125. The molecule has 0 saturated carbocycles. The van der Waals surface area contributed by atoms with Gasteiger partial charge in [0.15, 0.2) is 0 Å². The molecular formula is C21H19ClN4O. The first kappa shape index (κ1) is 17.5. The van der Waals surface area contributed by atoms with Crippen LogP contribution in [0.15, 0.2) is 54.9 Å². The maximum atomic E-state index is 12.9. The molecule has 1 amide bonds. The Bertz CT molecular complexity index is 988. The van der Waals surface area contributed by atoms with Crippen LogP contribution in [0.25, 0.3) is 0 Å². The molecule has 1 N–H and O–H groups in total. The Morgan fingerprint density at radius 1 is 1.15 bits per heavy atom. The molecule has 0 saturated heterocycles. The number of amides is 1. The number of carbonyl (C=O) groups is 1. The van der Waals surface area contributed by atoms with Gasteiger partial charge in [0.1, 0.15) is 11.5 Å². The van der Waals surface area contributed by atoms with Crippen molar-refractivity contribution in [2.45, 2.75) is 19.8 Å². The van der Waals surface area contributed by atoms with Gasteiger partial charge < -0.3 is 10.2 Å². The fraction of sp³-hybridized carbons (Fsp3) is 0.190. The van der Waals surface area contributed by atoms with Crippen molar-refractivity contribution in [1.82, 2.24) is 9.97 Å². The fourth-order valence-electron chi connectivity index (χ4n) is 3.25. The van der Waals surface area contributed by atoms with Crippen molar-refractivity contribution in [2.24, 2.45) is 0 Å². The lowest BCUT2D eigenvalue weighted by molar-refractivity contribution is 0.0980. The van der Waals surface area contributed by atoms with E-state index in [-0.39, 0.29) is 5.91 Å². The third-order valence-corrected chi connectivity index (χ3v) is 4.92. The summed E-state index contributed by atoms with van der Waals surface area (Å²) < 4.78 is 0. The molecule has 1 aliphatic heterocycles. The van der Waals surface area contributed by atoms with Crippen molar-refractivity contribution >= 4 is 34.7 Å². The number of nitrogens with one attached hydrogen (secondary N) is 1. The Hall–Kier alpha value is -2.92. The van der Waals surface area contributed by atoms with Gasteiger partial charge in [0.2, 0.25) is 0 Å². The van der Waals surface area contributed by atoms with Gasteiger partial charge in [-0.15, -0.1) is 0 Å². The minimum Gasteiger partial charge on any atom is -0.339 e. The summed E-state index contributed by atoms with van der Waals surface area (Å²) in [7, 11) is 0. The zero-order valence-corrected chi connectivity index (χ0v) is 15.7. The molecule has 136 valence electrons. The number of anilines is 3. The van der Waals surface area contributed by atoms with E-state index in [1.54, 1.807) is 11.1 Å². The largest absolute Gasteiger partial charge is 0.339 e. The first-order valence-corrected chi connectivity index (χ1v) is 9.24. The zero-order valence-electron chi connectivity index (χ0n) is 14.9. The molecule has 0 aliphatic carbocycles. The monoisotopic (exact) mass is 378 g/mol. The highest BCUT2D eigenvalue weighted by Crippen LogP contribution is 2.28. The van der Waals surface area contributed by atoms with E-state index in [9.17, 15) is 4.79 Å². The first-order valence-electron chi connectivity index (χ1n) is 8.87. The van der Waals surface area contributed by atoms with Crippen LogP contribution in [0.1, 0.15) is 28.0 Å². The van der Waals surface area contributed by atoms with Crippen LogP contribution in [0.5, 0.6) is 0 Å². The second-order valence-electron chi connectivity index (χ2n) is 6.56. The molecule has 2 heterocycles. The summed E-state index contributed by atoms with van der Waals surface area (Å²) in [6.07, 6.45) is 5.03. The summed E-state index contributed by atoms with van der Waals surface area (Å²) in [5.41, 5.74) is 4.40. The molecule has 5 nitrogen and oxygen atoms in total. The Kier molecular flexibility index (Phi) is 4.77. The van der Waals surface area contributed by atoms with Crippen LogP contribution in [-0.4, -0.2) is 22.4 Å². The molecule has 6 heteroatoms. The van der Waals surface area contributed by atoms with E-state index in [2.05, 4.69) is 21.4 Å². The molecule has 3 aromatic rings. The van der Waals surface area contributed by atoms with Gasteiger partial charge in [-0.1, -0.05) is 35.9 Å². The number of aryl methyl sites for hydroxylation is 2. The quantitative estimate of drug-likeness (QED) is 0.712. The van der Waals surface area contributed by atoms with Gasteiger partial charge in [-0.2, -0.15) is 0 Å². The summed E-state index contributed by atoms with van der Waals surface area (Å²) in [6, 6.07) is 13.6. The molecule has 4 rings (SSSR count). The first-order chi connectivity index (χ1) is 13.1. The predicted molar refractivity (Wildman–Crippen MR) is 108 cm³/mol. The van der Waals surface area contributed by atoms with Crippen LogP contribution >= 0.6 is 11.6 Å². The molecule has 0 spiro atoms.